The second-order valence-corrected chi connectivity index (χ2v) is 5.69. The largest absolute Gasteiger partial charge is 0.478 e. The molecule has 0 unspecified atom stereocenters. The molecule has 3 rings (SSSR count). The lowest BCUT2D eigenvalue weighted by molar-refractivity contribution is 0.0697. The number of aliphatic hydroxyl groups is 1. The fraction of sp³-hybridized carbons (Fsp3) is 0.500. The van der Waals surface area contributed by atoms with Crippen LogP contribution in [0.2, 0.25) is 0 Å². The van der Waals surface area contributed by atoms with Crippen LogP contribution in [0.4, 0.5) is 0 Å². The minimum absolute atomic E-state index is 0.226. The molecule has 0 spiro atoms. The Bertz CT molecular complexity index is 659. The van der Waals surface area contributed by atoms with Crippen LogP contribution in [0.1, 0.15) is 54.2 Å². The summed E-state index contributed by atoms with van der Waals surface area (Å²) < 4.78 is 2.18. The van der Waals surface area contributed by atoms with Crippen molar-refractivity contribution >= 4 is 17.0 Å². The molecule has 1 saturated carbocycles. The van der Waals surface area contributed by atoms with Crippen molar-refractivity contribution < 1.29 is 15.0 Å². The van der Waals surface area contributed by atoms with Gasteiger partial charge in [-0.1, -0.05) is 0 Å². The predicted molar refractivity (Wildman–Crippen MR) is 79.6 cm³/mol. The molecule has 112 valence electrons. The van der Waals surface area contributed by atoms with Gasteiger partial charge < -0.3 is 14.8 Å². The molecule has 0 bridgehead atoms. The number of carboxylic acids is 1. The monoisotopic (exact) mass is 288 g/mol. The Labute approximate surface area is 123 Å². The molecule has 5 heteroatoms. The Morgan fingerprint density at radius 1 is 1.29 bits per heavy atom. The van der Waals surface area contributed by atoms with E-state index in [1.807, 2.05) is 0 Å². The van der Waals surface area contributed by atoms with Gasteiger partial charge in [0.2, 0.25) is 0 Å². The third-order valence-corrected chi connectivity index (χ3v) is 4.01. The SMILES string of the molecule is O=C(O)c1ccc2nc(C3CC3)n(CCCCCO)c2c1. The summed E-state index contributed by atoms with van der Waals surface area (Å²) in [5.74, 6) is 0.720. The molecule has 2 N–H and O–H groups in total. The van der Waals surface area contributed by atoms with Crippen LogP contribution in [0.25, 0.3) is 11.0 Å². The maximum absolute atomic E-state index is 11.2. The van der Waals surface area contributed by atoms with E-state index in [9.17, 15) is 4.79 Å². The molecule has 0 radical (unpaired) electrons. The molecule has 5 nitrogen and oxygen atoms in total. The molecule has 1 aliphatic carbocycles. The van der Waals surface area contributed by atoms with E-state index in [4.69, 9.17) is 15.2 Å². The first-order chi connectivity index (χ1) is 10.2. The fourth-order valence-corrected chi connectivity index (χ4v) is 2.72. The normalized spacial score (nSPS) is 14.7. The minimum atomic E-state index is -0.905. The van der Waals surface area contributed by atoms with Crippen molar-refractivity contribution in [1.29, 1.82) is 0 Å². The smallest absolute Gasteiger partial charge is 0.335 e. The number of rotatable bonds is 7. The van der Waals surface area contributed by atoms with Crippen molar-refractivity contribution in [2.75, 3.05) is 6.61 Å². The van der Waals surface area contributed by atoms with E-state index < -0.39 is 5.97 Å². The lowest BCUT2D eigenvalue weighted by Gasteiger charge is -2.08. The van der Waals surface area contributed by atoms with Gasteiger partial charge in [0.25, 0.3) is 0 Å². The van der Waals surface area contributed by atoms with Gasteiger partial charge in [-0.2, -0.15) is 0 Å². The summed E-state index contributed by atoms with van der Waals surface area (Å²) in [5, 5.41) is 18.0. The number of aromatic nitrogens is 2. The summed E-state index contributed by atoms with van der Waals surface area (Å²) in [6, 6.07) is 5.14. The van der Waals surface area contributed by atoms with E-state index in [0.29, 0.717) is 11.5 Å². The first-order valence-electron chi connectivity index (χ1n) is 7.55. The number of hydrogen-bond donors (Lipinski definition) is 2. The first-order valence-corrected chi connectivity index (χ1v) is 7.55. The van der Waals surface area contributed by atoms with E-state index >= 15 is 0 Å². The van der Waals surface area contributed by atoms with Gasteiger partial charge in [0.1, 0.15) is 5.82 Å². The number of carboxylic acid groups (broad SMARTS) is 1. The van der Waals surface area contributed by atoms with Gasteiger partial charge in [-0.25, -0.2) is 9.78 Å². The zero-order chi connectivity index (χ0) is 14.8. The minimum Gasteiger partial charge on any atom is -0.478 e. The maximum atomic E-state index is 11.2. The summed E-state index contributed by atoms with van der Waals surface area (Å²) in [6.07, 6.45) is 5.10. The van der Waals surface area contributed by atoms with E-state index in [-0.39, 0.29) is 6.61 Å². The highest BCUT2D eigenvalue weighted by Crippen LogP contribution is 2.40. The number of fused-ring (bicyclic) bond motifs is 1. The van der Waals surface area contributed by atoms with Crippen LogP contribution < -0.4 is 0 Å². The van der Waals surface area contributed by atoms with Crippen LogP contribution >= 0.6 is 0 Å². The van der Waals surface area contributed by atoms with Crippen LogP contribution in [0.5, 0.6) is 0 Å². The maximum Gasteiger partial charge on any atom is 0.335 e. The standard InChI is InChI=1S/C16H20N2O3/c19-9-3-1-2-8-18-14-10-12(16(20)21)6-7-13(14)17-15(18)11-4-5-11/h6-7,10-11,19H,1-5,8-9H2,(H,20,21). The molecule has 1 aromatic carbocycles. The molecule has 0 amide bonds. The Morgan fingerprint density at radius 3 is 2.76 bits per heavy atom. The number of imidazole rings is 1. The van der Waals surface area contributed by atoms with Crippen molar-refractivity contribution in [3.8, 4) is 0 Å². The lowest BCUT2D eigenvalue weighted by Crippen LogP contribution is -2.04. The summed E-state index contributed by atoms with van der Waals surface area (Å²) in [6.45, 7) is 1.06. The van der Waals surface area contributed by atoms with Crippen LogP contribution in [-0.2, 0) is 6.54 Å². The predicted octanol–water partition coefficient (Wildman–Crippen LogP) is 2.77. The highest BCUT2D eigenvalue weighted by molar-refractivity contribution is 5.92. The van der Waals surface area contributed by atoms with Gasteiger partial charge in [0.05, 0.1) is 16.6 Å². The number of carbonyl (C=O) groups is 1. The van der Waals surface area contributed by atoms with E-state index in [2.05, 4.69) is 4.57 Å². The zero-order valence-electron chi connectivity index (χ0n) is 12.0. The van der Waals surface area contributed by atoms with Gasteiger partial charge in [-0.3, -0.25) is 0 Å². The molecule has 0 atom stereocenters. The molecule has 1 aliphatic rings. The van der Waals surface area contributed by atoms with Crippen molar-refractivity contribution in [3.05, 3.63) is 29.6 Å². The molecule has 21 heavy (non-hydrogen) atoms. The number of aryl methyl sites for hydroxylation is 1. The van der Waals surface area contributed by atoms with Crippen LogP contribution in [0.15, 0.2) is 18.2 Å². The highest BCUT2D eigenvalue weighted by Gasteiger charge is 2.29. The van der Waals surface area contributed by atoms with Gasteiger partial charge >= 0.3 is 5.97 Å². The van der Waals surface area contributed by atoms with Gasteiger partial charge in [0.15, 0.2) is 0 Å². The zero-order valence-corrected chi connectivity index (χ0v) is 12.0. The second-order valence-electron chi connectivity index (χ2n) is 5.69. The van der Waals surface area contributed by atoms with E-state index in [0.717, 1.165) is 42.7 Å². The molecule has 0 aliphatic heterocycles. The Hall–Kier alpha value is -1.88. The number of nitrogens with zero attached hydrogens (tertiary/aromatic N) is 2. The third kappa shape index (κ3) is 2.93. The van der Waals surface area contributed by atoms with Gasteiger partial charge in [-0.05, 0) is 50.3 Å². The van der Waals surface area contributed by atoms with Crippen LogP contribution in [-0.4, -0.2) is 32.3 Å². The summed E-state index contributed by atoms with van der Waals surface area (Å²) in [5.41, 5.74) is 2.10. The Balaban J connectivity index is 1.94. The lowest BCUT2D eigenvalue weighted by atomic mass is 10.2. The molecule has 1 aromatic heterocycles. The third-order valence-electron chi connectivity index (χ3n) is 4.01. The molecule has 1 heterocycles. The number of benzene rings is 1. The summed E-state index contributed by atoms with van der Waals surface area (Å²) in [4.78, 5) is 15.8. The average molecular weight is 288 g/mol. The number of aromatic carboxylic acids is 1. The van der Waals surface area contributed by atoms with Crippen molar-refractivity contribution in [3.63, 3.8) is 0 Å². The Kier molecular flexibility index (Phi) is 3.92. The van der Waals surface area contributed by atoms with Crippen LogP contribution in [0.3, 0.4) is 0 Å². The van der Waals surface area contributed by atoms with Crippen molar-refractivity contribution in [2.45, 2.75) is 44.6 Å². The molecule has 2 aromatic rings. The average Bonchev–Trinajstić information content (AvgIpc) is 3.25. The van der Waals surface area contributed by atoms with Crippen LogP contribution in [0, 0.1) is 0 Å². The molecular weight excluding hydrogens is 268 g/mol. The van der Waals surface area contributed by atoms with Gasteiger partial charge in [0, 0.05) is 19.1 Å². The quantitative estimate of drug-likeness (QED) is 0.768. The van der Waals surface area contributed by atoms with Crippen molar-refractivity contribution in [1.82, 2.24) is 9.55 Å². The second kappa shape index (κ2) is 5.85. The van der Waals surface area contributed by atoms with Gasteiger partial charge in [-0.15, -0.1) is 0 Å². The first kappa shape index (κ1) is 14.1. The molecular formula is C16H20N2O3. The molecule has 1 fully saturated rings. The van der Waals surface area contributed by atoms with E-state index in [1.165, 1.54) is 12.8 Å². The highest BCUT2D eigenvalue weighted by atomic mass is 16.4. The fourth-order valence-electron chi connectivity index (χ4n) is 2.72. The summed E-state index contributed by atoms with van der Waals surface area (Å²) in [7, 11) is 0. The topological polar surface area (TPSA) is 75.3 Å². The Morgan fingerprint density at radius 2 is 2.10 bits per heavy atom. The summed E-state index contributed by atoms with van der Waals surface area (Å²) >= 11 is 0. The van der Waals surface area contributed by atoms with E-state index in [1.54, 1.807) is 18.2 Å². The molecule has 0 saturated heterocycles. The number of unbranched alkanes of at least 4 members (excludes halogenated alkanes) is 2. The van der Waals surface area contributed by atoms with Crippen molar-refractivity contribution in [2.24, 2.45) is 0 Å². The number of hydrogen-bond acceptors (Lipinski definition) is 3. The number of aliphatic hydroxyl groups excluding tert-OH is 1.